The van der Waals surface area contributed by atoms with E-state index in [0.29, 0.717) is 12.0 Å². The number of anilines is 1. The van der Waals surface area contributed by atoms with E-state index in [2.05, 4.69) is 58.5 Å². The lowest BCUT2D eigenvalue weighted by atomic mass is 10.1. The van der Waals surface area contributed by atoms with Crippen molar-refractivity contribution < 1.29 is 4.74 Å². The summed E-state index contributed by atoms with van der Waals surface area (Å²) in [4.78, 5) is 2.32. The average molecular weight is 340 g/mol. The third-order valence-corrected chi connectivity index (χ3v) is 4.41. The van der Waals surface area contributed by atoms with Gasteiger partial charge in [0.15, 0.2) is 5.82 Å². The molecule has 3 rings (SSSR count). The van der Waals surface area contributed by atoms with Crippen molar-refractivity contribution in [2.75, 3.05) is 24.6 Å². The topological polar surface area (TPSA) is 50.3 Å². The van der Waals surface area contributed by atoms with E-state index in [1.807, 2.05) is 12.1 Å². The van der Waals surface area contributed by atoms with E-state index in [9.17, 15) is 0 Å². The molecule has 2 heterocycles. The molecular formula is C20H28N4O. The molecule has 1 fully saturated rings. The van der Waals surface area contributed by atoms with Gasteiger partial charge in [-0.2, -0.15) is 5.10 Å². The van der Waals surface area contributed by atoms with E-state index in [4.69, 9.17) is 4.74 Å². The average Bonchev–Trinajstić information content (AvgIpc) is 2.66. The highest BCUT2D eigenvalue weighted by Gasteiger charge is 2.20. The predicted octanol–water partition coefficient (Wildman–Crippen LogP) is 3.27. The molecule has 1 N–H and O–H groups in total. The van der Waals surface area contributed by atoms with Crippen molar-refractivity contribution in [3.63, 3.8) is 0 Å². The molecule has 0 spiro atoms. The first kappa shape index (κ1) is 17.7. The minimum atomic E-state index is 0.479. The fourth-order valence-corrected chi connectivity index (χ4v) is 3.04. The van der Waals surface area contributed by atoms with E-state index < -0.39 is 0 Å². The SMILES string of the molecule is CC(C)COc1ccc(CNC2CCCN(c3cccnn3)C2)cc1. The fourth-order valence-electron chi connectivity index (χ4n) is 3.04. The van der Waals surface area contributed by atoms with Crippen molar-refractivity contribution in [2.24, 2.45) is 5.92 Å². The van der Waals surface area contributed by atoms with Crippen LogP contribution in [0.2, 0.25) is 0 Å². The highest BCUT2D eigenvalue weighted by atomic mass is 16.5. The first-order chi connectivity index (χ1) is 12.2. The van der Waals surface area contributed by atoms with Crippen LogP contribution >= 0.6 is 0 Å². The van der Waals surface area contributed by atoms with Crippen LogP contribution in [0.3, 0.4) is 0 Å². The van der Waals surface area contributed by atoms with Crippen LogP contribution in [-0.2, 0) is 6.54 Å². The molecule has 1 aromatic carbocycles. The summed E-state index contributed by atoms with van der Waals surface area (Å²) in [5, 5.41) is 11.9. The van der Waals surface area contributed by atoms with Crippen molar-refractivity contribution in [2.45, 2.75) is 39.3 Å². The third-order valence-electron chi connectivity index (χ3n) is 4.41. The highest BCUT2D eigenvalue weighted by Crippen LogP contribution is 2.18. The summed E-state index contributed by atoms with van der Waals surface area (Å²) in [5.74, 6) is 2.47. The van der Waals surface area contributed by atoms with Gasteiger partial charge in [0.2, 0.25) is 0 Å². The zero-order valence-electron chi connectivity index (χ0n) is 15.2. The number of benzene rings is 1. The molecule has 1 aromatic heterocycles. The number of hydrogen-bond acceptors (Lipinski definition) is 5. The van der Waals surface area contributed by atoms with Gasteiger partial charge in [-0.15, -0.1) is 5.10 Å². The van der Waals surface area contributed by atoms with Crippen LogP contribution in [0.25, 0.3) is 0 Å². The van der Waals surface area contributed by atoms with Crippen LogP contribution < -0.4 is 15.0 Å². The Morgan fingerprint density at radius 2 is 2.08 bits per heavy atom. The van der Waals surface area contributed by atoms with E-state index in [-0.39, 0.29) is 0 Å². The Morgan fingerprint density at radius 1 is 1.24 bits per heavy atom. The fraction of sp³-hybridized carbons (Fsp3) is 0.500. The molecule has 25 heavy (non-hydrogen) atoms. The Labute approximate surface area is 150 Å². The van der Waals surface area contributed by atoms with Gasteiger partial charge in [-0.05, 0) is 48.6 Å². The number of rotatable bonds is 7. The lowest BCUT2D eigenvalue weighted by Gasteiger charge is -2.33. The zero-order valence-corrected chi connectivity index (χ0v) is 15.2. The quantitative estimate of drug-likeness (QED) is 0.838. The summed E-state index contributed by atoms with van der Waals surface area (Å²) in [7, 11) is 0. The monoisotopic (exact) mass is 340 g/mol. The highest BCUT2D eigenvalue weighted by molar-refractivity contribution is 5.37. The largest absolute Gasteiger partial charge is 0.493 e. The van der Waals surface area contributed by atoms with Crippen molar-refractivity contribution in [3.8, 4) is 5.75 Å². The predicted molar refractivity (Wildman–Crippen MR) is 101 cm³/mol. The van der Waals surface area contributed by atoms with Gasteiger partial charge in [-0.1, -0.05) is 26.0 Å². The molecular weight excluding hydrogens is 312 g/mol. The van der Waals surface area contributed by atoms with Crippen molar-refractivity contribution >= 4 is 5.82 Å². The summed E-state index contributed by atoms with van der Waals surface area (Å²) in [6.45, 7) is 7.99. The molecule has 1 atom stereocenters. The lowest BCUT2D eigenvalue weighted by molar-refractivity contribution is 0.271. The molecule has 0 saturated carbocycles. The molecule has 0 radical (unpaired) electrons. The van der Waals surface area contributed by atoms with Gasteiger partial charge in [-0.25, -0.2) is 0 Å². The molecule has 134 valence electrons. The second kappa shape index (κ2) is 8.81. The van der Waals surface area contributed by atoms with Gasteiger partial charge < -0.3 is 15.0 Å². The van der Waals surface area contributed by atoms with Gasteiger partial charge in [0.25, 0.3) is 0 Å². The number of nitrogens with one attached hydrogen (secondary N) is 1. The van der Waals surface area contributed by atoms with Crippen LogP contribution in [0.5, 0.6) is 5.75 Å². The second-order valence-electron chi connectivity index (χ2n) is 7.10. The van der Waals surface area contributed by atoms with Gasteiger partial charge in [-0.3, -0.25) is 0 Å². The number of nitrogens with zero attached hydrogens (tertiary/aromatic N) is 3. The Kier molecular flexibility index (Phi) is 6.23. The Hall–Kier alpha value is -2.14. The van der Waals surface area contributed by atoms with Gasteiger partial charge in [0, 0.05) is 31.9 Å². The molecule has 5 nitrogen and oxygen atoms in total. The molecule has 0 bridgehead atoms. The summed E-state index contributed by atoms with van der Waals surface area (Å²) in [6.07, 6.45) is 4.10. The van der Waals surface area contributed by atoms with Crippen LogP contribution in [-0.4, -0.2) is 35.9 Å². The summed E-state index contributed by atoms with van der Waals surface area (Å²) >= 11 is 0. The normalized spacial score (nSPS) is 17.7. The Balaban J connectivity index is 1.48. The summed E-state index contributed by atoms with van der Waals surface area (Å²) in [6, 6.07) is 12.9. The van der Waals surface area contributed by atoms with Crippen LogP contribution in [0, 0.1) is 5.92 Å². The number of ether oxygens (including phenoxy) is 1. The minimum Gasteiger partial charge on any atom is -0.493 e. The molecule has 1 aliphatic heterocycles. The first-order valence-corrected chi connectivity index (χ1v) is 9.18. The van der Waals surface area contributed by atoms with E-state index >= 15 is 0 Å². The maximum absolute atomic E-state index is 5.74. The number of piperidine rings is 1. The van der Waals surface area contributed by atoms with E-state index in [0.717, 1.165) is 37.8 Å². The second-order valence-corrected chi connectivity index (χ2v) is 7.10. The summed E-state index contributed by atoms with van der Waals surface area (Å²) < 4.78 is 5.74. The smallest absolute Gasteiger partial charge is 0.151 e. The Bertz CT molecular complexity index is 630. The number of hydrogen-bond donors (Lipinski definition) is 1. The van der Waals surface area contributed by atoms with Crippen molar-refractivity contribution in [1.29, 1.82) is 0 Å². The molecule has 1 unspecified atom stereocenters. The maximum atomic E-state index is 5.74. The van der Waals surface area contributed by atoms with Gasteiger partial charge >= 0.3 is 0 Å². The molecule has 0 aliphatic carbocycles. The number of aromatic nitrogens is 2. The van der Waals surface area contributed by atoms with Crippen LogP contribution in [0.4, 0.5) is 5.82 Å². The maximum Gasteiger partial charge on any atom is 0.151 e. The first-order valence-electron chi connectivity index (χ1n) is 9.18. The van der Waals surface area contributed by atoms with Gasteiger partial charge in [0.1, 0.15) is 5.75 Å². The zero-order chi connectivity index (χ0) is 17.5. The Morgan fingerprint density at radius 3 is 2.80 bits per heavy atom. The molecule has 1 aliphatic rings. The van der Waals surface area contributed by atoms with Crippen LogP contribution in [0.1, 0.15) is 32.3 Å². The molecule has 0 amide bonds. The van der Waals surface area contributed by atoms with E-state index in [1.165, 1.54) is 18.4 Å². The summed E-state index contributed by atoms with van der Waals surface area (Å²) in [5.41, 5.74) is 1.29. The van der Waals surface area contributed by atoms with Gasteiger partial charge in [0.05, 0.1) is 6.61 Å². The standard InChI is InChI=1S/C20H28N4O/c1-16(2)15-25-19-9-7-17(8-10-19)13-21-18-5-4-12-24(14-18)20-6-3-11-22-23-20/h3,6-11,16,18,21H,4-5,12-15H2,1-2H3. The van der Waals surface area contributed by atoms with E-state index in [1.54, 1.807) is 6.20 Å². The van der Waals surface area contributed by atoms with Crippen LogP contribution in [0.15, 0.2) is 42.6 Å². The molecule has 2 aromatic rings. The lowest BCUT2D eigenvalue weighted by Crippen LogP contribution is -2.45. The van der Waals surface area contributed by atoms with Crippen molar-refractivity contribution in [1.82, 2.24) is 15.5 Å². The third kappa shape index (κ3) is 5.43. The minimum absolute atomic E-state index is 0.479. The van der Waals surface area contributed by atoms with Crippen molar-refractivity contribution in [3.05, 3.63) is 48.2 Å². The molecule has 1 saturated heterocycles. The molecule has 5 heteroatoms.